The Bertz CT molecular complexity index is 448. The van der Waals surface area contributed by atoms with Crippen LogP contribution in [0.15, 0.2) is 0 Å². The quantitative estimate of drug-likeness (QED) is 0.925. The van der Waals surface area contributed by atoms with Crippen LogP contribution in [0.3, 0.4) is 0 Å². The highest BCUT2D eigenvalue weighted by Crippen LogP contribution is 2.30. The molecule has 0 aliphatic carbocycles. The Morgan fingerprint density at radius 1 is 1.30 bits per heavy atom. The lowest BCUT2D eigenvalue weighted by Gasteiger charge is -2.44. The number of nitrogens with zero attached hydrogens (tertiary/aromatic N) is 3. The molecule has 0 bridgehead atoms. The average molecular weight is 295 g/mol. The summed E-state index contributed by atoms with van der Waals surface area (Å²) in [6, 6.07) is 0.716. The summed E-state index contributed by atoms with van der Waals surface area (Å²) < 4.78 is 0. The lowest BCUT2D eigenvalue weighted by atomic mass is 10.00. The molecule has 0 saturated carbocycles. The number of fused-ring (bicyclic) bond motifs is 1. The fraction of sp³-hybridized carbons (Fsp3) is 0.800. The first-order chi connectivity index (χ1) is 9.81. The van der Waals surface area contributed by atoms with E-state index in [0.717, 1.165) is 41.6 Å². The number of piperazine rings is 1. The molecule has 112 valence electrons. The first-order valence-electron chi connectivity index (χ1n) is 7.90. The van der Waals surface area contributed by atoms with Crippen LogP contribution in [-0.4, -0.2) is 47.2 Å². The van der Waals surface area contributed by atoms with Crippen molar-refractivity contribution in [1.29, 1.82) is 0 Å². The number of rotatable bonds is 4. The zero-order valence-electron chi connectivity index (χ0n) is 12.3. The molecule has 0 spiro atoms. The number of aryl methyl sites for hydroxylation is 1. The smallest absolute Gasteiger partial charge is 0.185 e. The molecule has 0 radical (unpaired) electrons. The minimum absolute atomic E-state index is 0.135. The van der Waals surface area contributed by atoms with E-state index in [1.807, 2.05) is 0 Å². The van der Waals surface area contributed by atoms with Crippen molar-refractivity contribution in [2.45, 2.75) is 51.7 Å². The van der Waals surface area contributed by atoms with Crippen LogP contribution in [0.1, 0.15) is 43.2 Å². The molecular weight excluding hydrogens is 270 g/mol. The van der Waals surface area contributed by atoms with E-state index in [4.69, 9.17) is 4.98 Å². The molecule has 5 heteroatoms. The Kier molecular flexibility index (Phi) is 4.58. The van der Waals surface area contributed by atoms with E-state index in [1.165, 1.54) is 32.4 Å². The summed E-state index contributed by atoms with van der Waals surface area (Å²) in [6.45, 7) is 6.95. The summed E-state index contributed by atoms with van der Waals surface area (Å²) in [7, 11) is 0. The molecule has 0 aromatic carbocycles. The Hall–Kier alpha value is -0.650. The fourth-order valence-corrected chi connectivity index (χ4v) is 4.39. The van der Waals surface area contributed by atoms with E-state index < -0.39 is 0 Å². The number of aromatic nitrogens is 1. The largest absolute Gasteiger partial charge is 0.391 e. The van der Waals surface area contributed by atoms with Crippen LogP contribution in [0.4, 0.5) is 5.13 Å². The van der Waals surface area contributed by atoms with Gasteiger partial charge in [0.1, 0.15) is 0 Å². The number of aliphatic hydroxyl groups is 1. The highest BCUT2D eigenvalue weighted by atomic mass is 32.1. The summed E-state index contributed by atoms with van der Waals surface area (Å²) in [5, 5.41) is 10.6. The molecule has 0 amide bonds. The minimum Gasteiger partial charge on any atom is -0.391 e. The summed E-state index contributed by atoms with van der Waals surface area (Å²) >= 11 is 1.69. The van der Waals surface area contributed by atoms with Crippen molar-refractivity contribution in [2.75, 3.05) is 31.1 Å². The van der Waals surface area contributed by atoms with Gasteiger partial charge in [-0.15, -0.1) is 0 Å². The van der Waals surface area contributed by atoms with Crippen molar-refractivity contribution in [1.82, 2.24) is 9.88 Å². The maximum Gasteiger partial charge on any atom is 0.185 e. The number of hydrogen-bond donors (Lipinski definition) is 1. The second kappa shape index (κ2) is 6.41. The average Bonchev–Trinajstić information content (AvgIpc) is 2.90. The molecule has 1 unspecified atom stereocenters. The van der Waals surface area contributed by atoms with E-state index in [1.54, 1.807) is 11.3 Å². The Balaban J connectivity index is 1.72. The predicted molar refractivity (Wildman–Crippen MR) is 83.5 cm³/mol. The SMILES string of the molecule is CCCc1nc(N2CCN3CCCCC3C2)sc1CO. The molecule has 2 aliphatic heterocycles. The number of aliphatic hydroxyl groups excluding tert-OH is 1. The molecule has 1 aromatic heterocycles. The van der Waals surface area contributed by atoms with Gasteiger partial charge in [0.25, 0.3) is 0 Å². The van der Waals surface area contributed by atoms with Crippen LogP contribution >= 0.6 is 11.3 Å². The number of hydrogen-bond acceptors (Lipinski definition) is 5. The first-order valence-corrected chi connectivity index (χ1v) is 8.72. The van der Waals surface area contributed by atoms with Crippen LogP contribution < -0.4 is 4.90 Å². The topological polar surface area (TPSA) is 39.6 Å². The zero-order chi connectivity index (χ0) is 13.9. The van der Waals surface area contributed by atoms with Gasteiger partial charge in [0.2, 0.25) is 0 Å². The standard InChI is InChI=1S/C15H25N3OS/c1-2-5-13-14(11-19)20-15(16-13)18-9-8-17-7-4-3-6-12(17)10-18/h12,19H,2-11H2,1H3. The maximum atomic E-state index is 9.49. The highest BCUT2D eigenvalue weighted by Gasteiger charge is 2.30. The molecule has 2 fully saturated rings. The third kappa shape index (κ3) is 2.85. The molecule has 1 aromatic rings. The number of thiazole rings is 1. The predicted octanol–water partition coefficient (Wildman–Crippen LogP) is 2.26. The lowest BCUT2D eigenvalue weighted by molar-refractivity contribution is 0.133. The van der Waals surface area contributed by atoms with Gasteiger partial charge in [-0.2, -0.15) is 0 Å². The third-order valence-corrected chi connectivity index (χ3v) is 5.65. The van der Waals surface area contributed by atoms with Crippen LogP contribution in [0.5, 0.6) is 0 Å². The summed E-state index contributed by atoms with van der Waals surface area (Å²) in [5.41, 5.74) is 1.11. The van der Waals surface area contributed by atoms with Gasteiger partial charge in [-0.05, 0) is 25.8 Å². The van der Waals surface area contributed by atoms with Gasteiger partial charge >= 0.3 is 0 Å². The van der Waals surface area contributed by atoms with Crippen molar-refractivity contribution < 1.29 is 5.11 Å². The molecule has 2 aliphatic rings. The van der Waals surface area contributed by atoms with Crippen molar-refractivity contribution in [3.05, 3.63) is 10.6 Å². The van der Waals surface area contributed by atoms with Crippen molar-refractivity contribution in [3.8, 4) is 0 Å². The van der Waals surface area contributed by atoms with Crippen molar-refractivity contribution >= 4 is 16.5 Å². The van der Waals surface area contributed by atoms with Crippen LogP contribution in [0, 0.1) is 0 Å². The normalized spacial score (nSPS) is 23.9. The summed E-state index contributed by atoms with van der Waals surface area (Å²) in [6.07, 6.45) is 6.14. The van der Waals surface area contributed by atoms with E-state index in [0.29, 0.717) is 6.04 Å². The number of piperidine rings is 1. The Morgan fingerprint density at radius 3 is 3.00 bits per heavy atom. The highest BCUT2D eigenvalue weighted by molar-refractivity contribution is 7.15. The molecule has 20 heavy (non-hydrogen) atoms. The minimum atomic E-state index is 0.135. The second-order valence-corrected chi connectivity index (χ2v) is 6.97. The second-order valence-electron chi connectivity index (χ2n) is 5.91. The zero-order valence-corrected chi connectivity index (χ0v) is 13.2. The molecule has 3 rings (SSSR count). The van der Waals surface area contributed by atoms with E-state index >= 15 is 0 Å². The van der Waals surface area contributed by atoms with Crippen molar-refractivity contribution in [2.24, 2.45) is 0 Å². The monoisotopic (exact) mass is 295 g/mol. The molecular formula is C15H25N3OS. The van der Waals surface area contributed by atoms with Gasteiger partial charge in [-0.25, -0.2) is 4.98 Å². The third-order valence-electron chi connectivity index (χ3n) is 4.51. The number of anilines is 1. The maximum absolute atomic E-state index is 9.49. The molecule has 1 atom stereocenters. The summed E-state index contributed by atoms with van der Waals surface area (Å²) in [4.78, 5) is 10.9. The van der Waals surface area contributed by atoms with Gasteiger partial charge in [0.05, 0.1) is 17.2 Å². The Morgan fingerprint density at radius 2 is 2.20 bits per heavy atom. The van der Waals surface area contributed by atoms with E-state index in [2.05, 4.69) is 16.7 Å². The van der Waals surface area contributed by atoms with Gasteiger partial charge in [0.15, 0.2) is 5.13 Å². The first kappa shape index (κ1) is 14.3. The van der Waals surface area contributed by atoms with Crippen LogP contribution in [-0.2, 0) is 13.0 Å². The van der Waals surface area contributed by atoms with Crippen LogP contribution in [0.25, 0.3) is 0 Å². The molecule has 2 saturated heterocycles. The van der Waals surface area contributed by atoms with E-state index in [9.17, 15) is 5.11 Å². The molecule has 4 nitrogen and oxygen atoms in total. The molecule has 3 heterocycles. The lowest BCUT2D eigenvalue weighted by Crippen LogP contribution is -2.54. The van der Waals surface area contributed by atoms with Crippen LogP contribution in [0.2, 0.25) is 0 Å². The summed E-state index contributed by atoms with van der Waals surface area (Å²) in [5.74, 6) is 0. The fourth-order valence-electron chi connectivity index (χ4n) is 3.39. The Labute approximate surface area is 125 Å². The van der Waals surface area contributed by atoms with Gasteiger partial charge in [-0.1, -0.05) is 31.1 Å². The van der Waals surface area contributed by atoms with E-state index in [-0.39, 0.29) is 6.61 Å². The van der Waals surface area contributed by atoms with Gasteiger partial charge < -0.3 is 10.0 Å². The van der Waals surface area contributed by atoms with Gasteiger partial charge in [-0.3, -0.25) is 4.90 Å². The van der Waals surface area contributed by atoms with Crippen molar-refractivity contribution in [3.63, 3.8) is 0 Å². The molecule has 1 N–H and O–H groups in total. The van der Waals surface area contributed by atoms with Gasteiger partial charge in [0, 0.05) is 25.7 Å².